The SMILES string of the molecule is CC=C(C)C(=O)[C@H]1C(C)=C[C@H](C)CC1(C)C. The van der Waals surface area contributed by atoms with Gasteiger partial charge in [-0.05, 0) is 44.1 Å². The van der Waals surface area contributed by atoms with Crippen LogP contribution in [0.2, 0.25) is 0 Å². The molecule has 1 rings (SSSR count). The summed E-state index contributed by atoms with van der Waals surface area (Å²) in [6, 6.07) is 0. The maximum Gasteiger partial charge on any atom is 0.165 e. The molecule has 0 aliphatic heterocycles. The van der Waals surface area contributed by atoms with E-state index in [1.165, 1.54) is 5.57 Å². The van der Waals surface area contributed by atoms with E-state index >= 15 is 0 Å². The summed E-state index contributed by atoms with van der Waals surface area (Å²) in [5, 5.41) is 0. The molecule has 1 aliphatic carbocycles. The van der Waals surface area contributed by atoms with Crippen LogP contribution >= 0.6 is 0 Å². The molecule has 1 nitrogen and oxygen atoms in total. The van der Waals surface area contributed by atoms with Crippen LogP contribution in [0.1, 0.15) is 48.0 Å². The molecule has 0 spiro atoms. The van der Waals surface area contributed by atoms with Crippen molar-refractivity contribution in [2.75, 3.05) is 0 Å². The van der Waals surface area contributed by atoms with Crippen LogP contribution in [-0.2, 0) is 4.79 Å². The maximum atomic E-state index is 12.4. The summed E-state index contributed by atoms with van der Waals surface area (Å²) in [6.07, 6.45) is 5.28. The van der Waals surface area contributed by atoms with Gasteiger partial charge in [-0.25, -0.2) is 0 Å². The van der Waals surface area contributed by atoms with Gasteiger partial charge in [0.15, 0.2) is 5.78 Å². The largest absolute Gasteiger partial charge is 0.294 e. The van der Waals surface area contributed by atoms with Gasteiger partial charge in [0.05, 0.1) is 0 Å². The first kappa shape index (κ1) is 13.2. The Hall–Kier alpha value is -0.850. The van der Waals surface area contributed by atoms with Gasteiger partial charge in [0.25, 0.3) is 0 Å². The second kappa shape index (κ2) is 4.57. The van der Waals surface area contributed by atoms with Crippen molar-refractivity contribution in [2.24, 2.45) is 17.3 Å². The van der Waals surface area contributed by atoms with Crippen LogP contribution in [0.4, 0.5) is 0 Å². The molecule has 0 N–H and O–H groups in total. The zero-order valence-corrected chi connectivity index (χ0v) is 11.4. The number of rotatable bonds is 2. The number of allylic oxidation sites excluding steroid dienone is 4. The highest BCUT2D eigenvalue weighted by atomic mass is 16.1. The second-order valence-corrected chi connectivity index (χ2v) is 5.85. The Kier molecular flexibility index (Phi) is 3.77. The third kappa shape index (κ3) is 2.45. The predicted octanol–water partition coefficient (Wildman–Crippen LogP) is 4.15. The van der Waals surface area contributed by atoms with Gasteiger partial charge in [-0.1, -0.05) is 38.5 Å². The highest BCUT2D eigenvalue weighted by Crippen LogP contribution is 2.44. The Balaban J connectivity index is 3.11. The van der Waals surface area contributed by atoms with Gasteiger partial charge >= 0.3 is 0 Å². The van der Waals surface area contributed by atoms with Crippen molar-refractivity contribution in [3.05, 3.63) is 23.3 Å². The summed E-state index contributed by atoms with van der Waals surface area (Å²) in [5.74, 6) is 0.956. The smallest absolute Gasteiger partial charge is 0.165 e. The van der Waals surface area contributed by atoms with Crippen molar-refractivity contribution in [3.8, 4) is 0 Å². The number of carbonyl (C=O) groups excluding carboxylic acids is 1. The van der Waals surface area contributed by atoms with E-state index in [1.54, 1.807) is 0 Å². The van der Waals surface area contributed by atoms with E-state index in [4.69, 9.17) is 0 Å². The molecular formula is C15H24O. The average molecular weight is 220 g/mol. The third-order valence-electron chi connectivity index (χ3n) is 3.72. The fourth-order valence-corrected chi connectivity index (χ4v) is 3.10. The molecule has 0 unspecified atom stereocenters. The fraction of sp³-hybridized carbons (Fsp3) is 0.667. The second-order valence-electron chi connectivity index (χ2n) is 5.85. The molecule has 0 bridgehead atoms. The molecule has 1 aliphatic rings. The molecule has 0 saturated carbocycles. The zero-order valence-electron chi connectivity index (χ0n) is 11.4. The molecule has 0 aromatic carbocycles. The minimum Gasteiger partial charge on any atom is -0.294 e. The van der Waals surface area contributed by atoms with Crippen LogP contribution in [0, 0.1) is 17.3 Å². The number of hydrogen-bond acceptors (Lipinski definition) is 1. The summed E-state index contributed by atoms with van der Waals surface area (Å²) in [5.41, 5.74) is 2.22. The van der Waals surface area contributed by atoms with Gasteiger partial charge in [-0.3, -0.25) is 4.79 Å². The lowest BCUT2D eigenvalue weighted by atomic mass is 9.63. The summed E-state index contributed by atoms with van der Waals surface area (Å²) < 4.78 is 0. The van der Waals surface area contributed by atoms with E-state index in [0.29, 0.717) is 11.7 Å². The number of Topliss-reactive ketones (excluding diaryl/α,β-unsaturated/α-hetero) is 1. The normalized spacial score (nSPS) is 29.9. The highest BCUT2D eigenvalue weighted by Gasteiger charge is 2.39. The maximum absolute atomic E-state index is 12.4. The molecule has 0 fully saturated rings. The van der Waals surface area contributed by atoms with E-state index in [2.05, 4.69) is 33.8 Å². The quantitative estimate of drug-likeness (QED) is 0.504. The summed E-state index contributed by atoms with van der Waals surface area (Å²) in [6.45, 7) is 12.6. The van der Waals surface area contributed by atoms with Crippen molar-refractivity contribution in [1.82, 2.24) is 0 Å². The van der Waals surface area contributed by atoms with Crippen LogP contribution in [-0.4, -0.2) is 5.78 Å². The van der Waals surface area contributed by atoms with Crippen molar-refractivity contribution in [3.63, 3.8) is 0 Å². The molecule has 16 heavy (non-hydrogen) atoms. The highest BCUT2D eigenvalue weighted by molar-refractivity contribution is 5.98. The van der Waals surface area contributed by atoms with Gasteiger partial charge in [0.1, 0.15) is 0 Å². The van der Waals surface area contributed by atoms with Gasteiger partial charge in [0.2, 0.25) is 0 Å². The molecule has 0 aromatic rings. The number of carbonyl (C=O) groups is 1. The molecule has 0 heterocycles. The Labute approximate surface area is 99.6 Å². The summed E-state index contributed by atoms with van der Waals surface area (Å²) >= 11 is 0. The molecule has 1 heteroatoms. The van der Waals surface area contributed by atoms with E-state index in [1.807, 2.05) is 19.9 Å². The predicted molar refractivity (Wildman–Crippen MR) is 69.2 cm³/mol. The lowest BCUT2D eigenvalue weighted by Crippen LogP contribution is -2.36. The molecule has 90 valence electrons. The van der Waals surface area contributed by atoms with Crippen molar-refractivity contribution < 1.29 is 4.79 Å². The van der Waals surface area contributed by atoms with Crippen LogP contribution in [0.25, 0.3) is 0 Å². The lowest BCUT2D eigenvalue weighted by Gasteiger charge is -2.40. The Morgan fingerprint density at radius 3 is 2.50 bits per heavy atom. The van der Waals surface area contributed by atoms with E-state index in [-0.39, 0.29) is 11.3 Å². The Morgan fingerprint density at radius 1 is 1.50 bits per heavy atom. The first-order valence-electron chi connectivity index (χ1n) is 6.15. The molecule has 0 aromatic heterocycles. The van der Waals surface area contributed by atoms with Crippen LogP contribution < -0.4 is 0 Å². The third-order valence-corrected chi connectivity index (χ3v) is 3.72. The molecule has 0 amide bonds. The van der Waals surface area contributed by atoms with Crippen molar-refractivity contribution in [2.45, 2.75) is 48.0 Å². The number of ketones is 1. The van der Waals surface area contributed by atoms with E-state index in [0.717, 1.165) is 12.0 Å². The van der Waals surface area contributed by atoms with Crippen LogP contribution in [0.3, 0.4) is 0 Å². The average Bonchev–Trinajstić information content (AvgIpc) is 2.13. The van der Waals surface area contributed by atoms with Crippen molar-refractivity contribution in [1.29, 1.82) is 0 Å². The zero-order chi connectivity index (χ0) is 12.5. The monoisotopic (exact) mass is 220 g/mol. The molecule has 2 atom stereocenters. The van der Waals surface area contributed by atoms with Gasteiger partial charge in [-0.15, -0.1) is 0 Å². The van der Waals surface area contributed by atoms with Gasteiger partial charge < -0.3 is 0 Å². The fourth-order valence-electron chi connectivity index (χ4n) is 3.10. The minimum absolute atomic E-state index is 0.0694. The van der Waals surface area contributed by atoms with Gasteiger partial charge in [-0.2, -0.15) is 0 Å². The van der Waals surface area contributed by atoms with Crippen LogP contribution in [0.5, 0.6) is 0 Å². The summed E-state index contributed by atoms with van der Waals surface area (Å²) in [4.78, 5) is 12.4. The molecule has 0 radical (unpaired) electrons. The number of hydrogen-bond donors (Lipinski definition) is 0. The Bertz CT molecular complexity index is 344. The molecule has 0 saturated heterocycles. The first-order valence-corrected chi connectivity index (χ1v) is 6.15. The molecular weight excluding hydrogens is 196 g/mol. The van der Waals surface area contributed by atoms with E-state index < -0.39 is 0 Å². The lowest BCUT2D eigenvalue weighted by molar-refractivity contribution is -0.121. The Morgan fingerprint density at radius 2 is 2.06 bits per heavy atom. The van der Waals surface area contributed by atoms with E-state index in [9.17, 15) is 4.79 Å². The summed E-state index contributed by atoms with van der Waals surface area (Å²) in [7, 11) is 0. The standard InChI is InChI=1S/C15H24O/c1-7-11(3)14(16)13-12(4)8-10(2)9-15(13,5)6/h7-8,10,13H,9H2,1-6H3/t10-,13+/m0/s1. The van der Waals surface area contributed by atoms with Crippen molar-refractivity contribution >= 4 is 5.78 Å². The van der Waals surface area contributed by atoms with Gasteiger partial charge in [0, 0.05) is 5.92 Å². The minimum atomic E-state index is 0.0694. The first-order chi connectivity index (χ1) is 7.29. The van der Waals surface area contributed by atoms with Crippen LogP contribution in [0.15, 0.2) is 23.3 Å². The topological polar surface area (TPSA) is 17.1 Å².